The molecule has 1 aliphatic heterocycles. The van der Waals surface area contributed by atoms with Crippen LogP contribution < -0.4 is 5.32 Å². The van der Waals surface area contributed by atoms with E-state index in [9.17, 15) is 9.59 Å². The summed E-state index contributed by atoms with van der Waals surface area (Å²) in [5.41, 5.74) is -1.41. The van der Waals surface area contributed by atoms with Crippen LogP contribution in [-0.4, -0.2) is 47.5 Å². The number of rotatable bonds is 3. The molecule has 1 aliphatic carbocycles. The van der Waals surface area contributed by atoms with Gasteiger partial charge in [-0.15, -0.1) is 0 Å². The largest absolute Gasteiger partial charge is 0.445 e. The fourth-order valence-corrected chi connectivity index (χ4v) is 3.80. The number of hydrogen-bond acceptors (Lipinski definition) is 4. The maximum atomic E-state index is 15.6. The molecule has 7 heteroatoms. The fraction of sp³-hybridized carbons (Fsp3) is 0.600. The predicted octanol–water partition coefficient (Wildman–Crippen LogP) is 3.65. The van der Waals surface area contributed by atoms with E-state index in [1.807, 2.05) is 30.3 Å². The molecule has 148 valence electrons. The second-order valence-electron chi connectivity index (χ2n) is 8.32. The monoisotopic (exact) mass is 378 g/mol. The normalized spacial score (nSPS) is 27.2. The number of carbonyl (C=O) groups is 2. The van der Waals surface area contributed by atoms with Crippen molar-refractivity contribution in [2.75, 3.05) is 13.1 Å². The van der Waals surface area contributed by atoms with Gasteiger partial charge in [0.2, 0.25) is 0 Å². The van der Waals surface area contributed by atoms with E-state index in [2.05, 4.69) is 5.32 Å². The topological polar surface area (TPSA) is 67.9 Å². The van der Waals surface area contributed by atoms with Crippen LogP contribution in [0.3, 0.4) is 0 Å². The highest BCUT2D eigenvalue weighted by atomic mass is 19.1. The average Bonchev–Trinajstić information content (AvgIpc) is 3.07. The summed E-state index contributed by atoms with van der Waals surface area (Å²) in [6, 6.07) is 8.64. The van der Waals surface area contributed by atoms with Crippen molar-refractivity contribution in [3.8, 4) is 0 Å². The van der Waals surface area contributed by atoms with Gasteiger partial charge in [-0.3, -0.25) is 0 Å². The zero-order valence-electron chi connectivity index (χ0n) is 16.0. The van der Waals surface area contributed by atoms with Crippen molar-refractivity contribution >= 4 is 12.2 Å². The number of halogens is 1. The van der Waals surface area contributed by atoms with Crippen LogP contribution in [0.25, 0.3) is 0 Å². The predicted molar refractivity (Wildman–Crippen MR) is 97.9 cm³/mol. The number of fused-ring (bicyclic) bond motifs is 1. The van der Waals surface area contributed by atoms with Gasteiger partial charge in [0.1, 0.15) is 12.2 Å². The van der Waals surface area contributed by atoms with Crippen molar-refractivity contribution in [2.45, 2.75) is 57.5 Å². The molecule has 0 aromatic heterocycles. The number of alkyl halides is 1. The summed E-state index contributed by atoms with van der Waals surface area (Å²) in [4.78, 5) is 25.8. The van der Waals surface area contributed by atoms with E-state index in [1.165, 1.54) is 4.90 Å². The third kappa shape index (κ3) is 4.51. The van der Waals surface area contributed by atoms with E-state index >= 15 is 4.39 Å². The molecule has 1 saturated heterocycles. The van der Waals surface area contributed by atoms with Gasteiger partial charge in [0.05, 0.1) is 12.6 Å². The number of nitrogens with one attached hydrogen (secondary N) is 1. The Hall–Kier alpha value is -2.31. The minimum Gasteiger partial charge on any atom is -0.445 e. The Balaban J connectivity index is 1.55. The lowest BCUT2D eigenvalue weighted by Gasteiger charge is -2.28. The number of ether oxygens (including phenoxy) is 2. The van der Waals surface area contributed by atoms with Crippen molar-refractivity contribution in [1.82, 2.24) is 10.2 Å². The molecular weight excluding hydrogens is 351 g/mol. The first-order valence-corrected chi connectivity index (χ1v) is 9.31. The van der Waals surface area contributed by atoms with Crippen LogP contribution in [-0.2, 0) is 16.1 Å². The molecule has 2 fully saturated rings. The summed E-state index contributed by atoms with van der Waals surface area (Å²) in [6.07, 6.45) is -0.0139. The highest BCUT2D eigenvalue weighted by Crippen LogP contribution is 2.45. The van der Waals surface area contributed by atoms with Gasteiger partial charge in [-0.2, -0.15) is 0 Å². The van der Waals surface area contributed by atoms with Crippen LogP contribution >= 0.6 is 0 Å². The molecule has 2 aliphatic rings. The summed E-state index contributed by atoms with van der Waals surface area (Å²) < 4.78 is 26.2. The molecule has 0 spiro atoms. The van der Waals surface area contributed by atoms with E-state index in [-0.39, 0.29) is 19.1 Å². The van der Waals surface area contributed by atoms with Crippen LogP contribution in [0, 0.1) is 5.92 Å². The van der Waals surface area contributed by atoms with Crippen LogP contribution in [0.5, 0.6) is 0 Å². The molecule has 27 heavy (non-hydrogen) atoms. The molecule has 0 bridgehead atoms. The van der Waals surface area contributed by atoms with E-state index in [0.717, 1.165) is 5.56 Å². The zero-order chi connectivity index (χ0) is 19.7. The number of alkyl carbamates (subject to hydrolysis) is 1. The van der Waals surface area contributed by atoms with Crippen LogP contribution in [0.1, 0.15) is 39.2 Å². The van der Waals surface area contributed by atoms with Crippen molar-refractivity contribution in [1.29, 1.82) is 0 Å². The van der Waals surface area contributed by atoms with Gasteiger partial charge in [0.25, 0.3) is 0 Å². The Kier molecular flexibility index (Phi) is 5.31. The maximum absolute atomic E-state index is 15.6. The van der Waals surface area contributed by atoms with Crippen LogP contribution in [0.15, 0.2) is 30.3 Å². The molecule has 2 amide bonds. The third-order valence-corrected chi connectivity index (χ3v) is 5.09. The summed E-state index contributed by atoms with van der Waals surface area (Å²) >= 11 is 0. The maximum Gasteiger partial charge on any atom is 0.410 e. The van der Waals surface area contributed by atoms with Crippen LogP contribution in [0.4, 0.5) is 14.0 Å². The first-order chi connectivity index (χ1) is 12.7. The minimum atomic E-state index is -1.65. The molecule has 3 unspecified atom stereocenters. The summed E-state index contributed by atoms with van der Waals surface area (Å²) in [7, 11) is 0. The van der Waals surface area contributed by atoms with Crippen molar-refractivity contribution in [3.05, 3.63) is 35.9 Å². The SMILES string of the molecule is CC(C)(C)OC(=O)N1CC2CCC(NC(=O)OCc3ccccc3)C2(F)C1. The number of nitrogens with zero attached hydrogens (tertiary/aromatic N) is 1. The lowest BCUT2D eigenvalue weighted by molar-refractivity contribution is 0.0240. The highest BCUT2D eigenvalue weighted by molar-refractivity contribution is 5.70. The number of benzene rings is 1. The molecule has 1 N–H and O–H groups in total. The van der Waals surface area contributed by atoms with Gasteiger partial charge in [-0.05, 0) is 39.2 Å². The fourth-order valence-electron chi connectivity index (χ4n) is 3.80. The molecule has 3 rings (SSSR count). The number of amides is 2. The molecule has 0 radical (unpaired) electrons. The minimum absolute atomic E-state index is 0.0732. The van der Waals surface area contributed by atoms with E-state index in [1.54, 1.807) is 20.8 Å². The summed E-state index contributed by atoms with van der Waals surface area (Å²) in [5.74, 6) is -0.301. The van der Waals surface area contributed by atoms with Gasteiger partial charge < -0.3 is 19.7 Å². The first-order valence-electron chi connectivity index (χ1n) is 9.31. The van der Waals surface area contributed by atoms with Gasteiger partial charge in [0, 0.05) is 12.5 Å². The van der Waals surface area contributed by atoms with Gasteiger partial charge in [-0.25, -0.2) is 14.0 Å². The van der Waals surface area contributed by atoms with Crippen molar-refractivity contribution in [2.24, 2.45) is 5.92 Å². The van der Waals surface area contributed by atoms with E-state index < -0.39 is 29.5 Å². The van der Waals surface area contributed by atoms with Crippen LogP contribution in [0.2, 0.25) is 0 Å². The molecule has 1 aromatic carbocycles. The lowest BCUT2D eigenvalue weighted by atomic mass is 9.94. The van der Waals surface area contributed by atoms with Gasteiger partial charge >= 0.3 is 12.2 Å². The molecular formula is C20H27FN2O4. The van der Waals surface area contributed by atoms with Gasteiger partial charge in [-0.1, -0.05) is 30.3 Å². The average molecular weight is 378 g/mol. The Morgan fingerprint density at radius 1 is 1.26 bits per heavy atom. The third-order valence-electron chi connectivity index (χ3n) is 5.09. The Labute approximate surface area is 159 Å². The number of likely N-dealkylation sites (tertiary alicyclic amines) is 1. The van der Waals surface area contributed by atoms with Crippen molar-refractivity contribution < 1.29 is 23.5 Å². The molecule has 3 atom stereocenters. The molecule has 1 saturated carbocycles. The van der Waals surface area contributed by atoms with E-state index in [0.29, 0.717) is 19.4 Å². The molecule has 6 nitrogen and oxygen atoms in total. The quantitative estimate of drug-likeness (QED) is 0.872. The number of carbonyl (C=O) groups excluding carboxylic acids is 2. The Morgan fingerprint density at radius 3 is 2.63 bits per heavy atom. The second kappa shape index (κ2) is 7.37. The molecule has 1 aromatic rings. The lowest BCUT2D eigenvalue weighted by Crippen LogP contribution is -2.51. The zero-order valence-corrected chi connectivity index (χ0v) is 16.0. The van der Waals surface area contributed by atoms with E-state index in [4.69, 9.17) is 9.47 Å². The van der Waals surface area contributed by atoms with Gasteiger partial charge in [0.15, 0.2) is 5.67 Å². The Bertz CT molecular complexity index is 691. The number of hydrogen-bond donors (Lipinski definition) is 1. The van der Waals surface area contributed by atoms with Crippen molar-refractivity contribution in [3.63, 3.8) is 0 Å². The highest BCUT2D eigenvalue weighted by Gasteiger charge is 2.58. The smallest absolute Gasteiger partial charge is 0.410 e. The first kappa shape index (κ1) is 19.5. The summed E-state index contributed by atoms with van der Waals surface area (Å²) in [6.45, 7) is 5.70. The Morgan fingerprint density at radius 2 is 1.96 bits per heavy atom. The second-order valence-corrected chi connectivity index (χ2v) is 8.32. The molecule has 1 heterocycles. The standard InChI is InChI=1S/C20H27FN2O4/c1-19(2,3)27-18(25)23-11-15-9-10-16(20(15,21)13-23)22-17(24)26-12-14-7-5-4-6-8-14/h4-8,15-16H,9-13H2,1-3H3,(H,22,24). The summed E-state index contributed by atoms with van der Waals surface area (Å²) in [5, 5.41) is 2.65.